The number of benzene rings is 28. The summed E-state index contributed by atoms with van der Waals surface area (Å²) in [5, 5.41) is -20.3. The molecule has 0 unspecified atom stereocenters. The van der Waals surface area contributed by atoms with Crippen LogP contribution in [-0.2, 0) is 0 Å². The van der Waals surface area contributed by atoms with Crippen molar-refractivity contribution in [3.05, 3.63) is 520 Å². The second kappa shape index (κ2) is 33.9. The highest BCUT2D eigenvalue weighted by molar-refractivity contribution is 6.31. The lowest BCUT2D eigenvalue weighted by Crippen LogP contribution is -1.91. The van der Waals surface area contributed by atoms with Crippen LogP contribution in [0.25, 0.3) is 306 Å². The molecule has 0 aliphatic heterocycles. The first-order valence-electron chi connectivity index (χ1n) is 86.0. The highest BCUT2D eigenvalue weighted by atomic mass is 16.3. The number of fused-ring (bicyclic) bond motifs is 23. The van der Waals surface area contributed by atoms with Gasteiger partial charge in [-0.2, -0.15) is 0 Å². The monoisotopic (exact) mass is 1930 g/mol. The molecule has 3 heteroatoms. The molecule has 0 spiro atoms. The zero-order valence-electron chi connectivity index (χ0n) is 158. The topological polar surface area (TPSA) is 39.4 Å². The second-order valence-corrected chi connectivity index (χ2v) is 31.8. The molecular formula is C142H86O3. The van der Waals surface area contributed by atoms with E-state index < -0.39 is 826 Å². The van der Waals surface area contributed by atoms with Crippen molar-refractivity contribution in [1.29, 1.82) is 0 Å². The Labute approximate surface area is 955 Å². The number of hydrogen-bond acceptors (Lipinski definition) is 3. The maximum absolute atomic E-state index is 9.89. The lowest BCUT2D eigenvalue weighted by Gasteiger charge is -2.19. The maximum Gasteiger partial charge on any atom is 0.136 e. The Kier molecular flexibility index (Phi) is 7.98. The first kappa shape index (κ1) is 34.1. The summed E-state index contributed by atoms with van der Waals surface area (Å²) in [4.78, 5) is 0. The van der Waals surface area contributed by atoms with E-state index in [-0.39, 0.29) is 0 Å². The van der Waals surface area contributed by atoms with Crippen LogP contribution in [0.3, 0.4) is 0 Å². The summed E-state index contributed by atoms with van der Waals surface area (Å²) < 4.78 is 796. The smallest absolute Gasteiger partial charge is 0.136 e. The predicted octanol–water partition coefficient (Wildman–Crippen LogP) is 40.8. The quantitative estimate of drug-likeness (QED) is 0.107. The molecule has 672 valence electrons. The Morgan fingerprint density at radius 1 is 0.110 bits per heavy atom. The van der Waals surface area contributed by atoms with E-state index in [1.807, 2.05) is 0 Å². The van der Waals surface area contributed by atoms with Crippen molar-refractivity contribution < 1.29 is 131 Å². The zero-order chi connectivity index (χ0) is 170. The van der Waals surface area contributed by atoms with Gasteiger partial charge in [0.2, 0.25) is 0 Å². The molecule has 0 aliphatic carbocycles. The van der Waals surface area contributed by atoms with E-state index in [4.69, 9.17) is 88.6 Å². The minimum Gasteiger partial charge on any atom is -0.456 e. The van der Waals surface area contributed by atoms with Crippen LogP contribution in [0.2, 0.25) is 0 Å². The molecule has 0 saturated heterocycles. The molecule has 3 nitrogen and oxygen atoms in total. The molecule has 28 aromatic carbocycles. The van der Waals surface area contributed by atoms with Gasteiger partial charge in [0, 0.05) is 32.3 Å². The molecular weight excluding hydrogens is 1750 g/mol. The van der Waals surface area contributed by atoms with E-state index in [9.17, 15) is 42.5 Å². The first-order chi connectivity index (χ1) is 108. The molecule has 31 rings (SSSR count). The Morgan fingerprint density at radius 2 is 0.359 bits per heavy atom. The van der Waals surface area contributed by atoms with Gasteiger partial charge in [-0.15, -0.1) is 0 Å². The Morgan fingerprint density at radius 3 is 0.772 bits per heavy atom. The minimum atomic E-state index is -1.15. The third-order valence-corrected chi connectivity index (χ3v) is 24.0. The summed E-state index contributed by atoms with van der Waals surface area (Å²) >= 11 is 0. The molecule has 0 aliphatic rings. The van der Waals surface area contributed by atoms with Crippen LogP contribution < -0.4 is 0 Å². The van der Waals surface area contributed by atoms with Crippen LogP contribution >= 0.6 is 0 Å². The van der Waals surface area contributed by atoms with Crippen molar-refractivity contribution in [2.75, 3.05) is 0 Å². The van der Waals surface area contributed by atoms with Crippen molar-refractivity contribution >= 4 is 206 Å². The Balaban J connectivity index is 0.000000145. The van der Waals surface area contributed by atoms with Gasteiger partial charge in [0.05, 0.1) is 118 Å². The van der Waals surface area contributed by atoms with E-state index in [1.54, 1.807) is 0 Å². The van der Waals surface area contributed by atoms with Crippen molar-refractivity contribution in [1.82, 2.24) is 0 Å². The van der Waals surface area contributed by atoms with Gasteiger partial charge in [0.1, 0.15) is 33.5 Å². The van der Waals surface area contributed by atoms with E-state index in [2.05, 4.69) is 0 Å². The molecule has 0 bridgehead atoms. The predicted molar refractivity (Wildman–Crippen MR) is 618 cm³/mol. The third kappa shape index (κ3) is 13.7. The first-order valence-corrected chi connectivity index (χ1v) is 43.0. The van der Waals surface area contributed by atoms with E-state index in [0.29, 0.717) is 0 Å². The van der Waals surface area contributed by atoms with Gasteiger partial charge in [0.15, 0.2) is 0 Å². The molecule has 145 heavy (non-hydrogen) atoms. The van der Waals surface area contributed by atoms with Gasteiger partial charge in [0.25, 0.3) is 0 Å². The van der Waals surface area contributed by atoms with Crippen LogP contribution in [0.15, 0.2) is 533 Å². The fourth-order valence-corrected chi connectivity index (χ4v) is 18.0. The maximum atomic E-state index is 9.89. The van der Waals surface area contributed by atoms with Crippen molar-refractivity contribution in [3.63, 3.8) is 0 Å². The SMILES string of the molecule is [2H]c1c([2H])c(-c2c([2H])c([2H])c([2H])c3c([2H])c([2H])c([2H])c([2H])c23)c([2H])c(-c2c3c([2H])c([2H])c([2H])c([2H])c3c(-c3c([2H])c([2H])c([2H])c4oc5c([2H])c6c([2H])c([2H])c([2H])c([2H])c6c([2H])c5c34)c3c([2H])c([2H])c([2H])c([2H])c23)c1[2H].[2H]c1c([2H])c(-c2c([2H])c([2H])c([2H])c3c2c([2H])c([2H])c2c([2H])c([2H])c([2H])c([2H])c23)c([2H])c([2H])c1-c1c2c([2H])c([2H])c([2H])c([2H])c2c(-c2c([2H])c([2H])c([2H])c3oc4c([2H])c5c([2H])c([2H])c([2H])c([2H])c5c([2H])c4c23)c2c([2H])c([2H])c([2H])c([2H])c12.[2H]c1c([2H])c(-c2c([2H])c([2H])c3c([2H])c([2H])c([2H])c([2H])c3c2[2H])c([2H])c(-c2c3c([2H])c([2H])c([2H])c([2H])c3c(-c3c([2H])c([2H])c([2H])c4oc5c([2H])c6c([2H])c([2H])c([2H])c([2H])c6c([2H])c5c34)c3c([2H])c([2H])c([2H])c([2H])c23)c1[2H]. The summed E-state index contributed by atoms with van der Waals surface area (Å²) in [6, 6.07) is -80.3. The van der Waals surface area contributed by atoms with E-state index >= 15 is 0 Å². The Hall–Kier alpha value is -19.1. The molecule has 0 amide bonds. The molecule has 3 aromatic heterocycles. The molecule has 3 heterocycles. The highest BCUT2D eigenvalue weighted by Crippen LogP contribution is 2.54. The lowest BCUT2D eigenvalue weighted by molar-refractivity contribution is 0.669. The standard InChI is InChI=1S/C50H30O.2C46H28O/c1-2-13-35-30-47-45(29-34(35)12-1)50-44(21-10-22-46(50)51-47)49-42-17-7-5-15-40(42)48(41-16-6-8-18-43(41)49)33-25-23-32(24-26-33)37-19-9-20-38-36-14-4-3-11-31(36)27-28-39(37)38;1-2-14-31-28-43-41(27-30(31)13-1)46-40(24-11-25-42(46)47-43)45-38-21-7-5-19-36(38)44(37-20-6-8-22-39(37)45)33-17-9-16-32(26-33)35-23-10-15-29-12-3-4-18-34(29)35;1-2-12-30-25-34(24-23-29(30)11-1)31-15-9-16-35(26-31)44-36-17-5-7-19-38(36)45(39-20-8-6-18-37(39)44)40-21-10-22-42-46(40)41-27-32-13-3-4-14-33(32)28-43(41)47-42/h1-30H;2*1-28H/i1D,2D,3D,4D,5D,6D,7D,8D,9D,10D,11D,12D,13D,14D,15D,16D,17D,18D,19D,20D,21D,22D,23D,24D,25D,26D,27D,28D,29D,30D;2*1D,2D,3D,4D,5D,6D,7D,8D,9D,10D,11D,12D,13D,14D,15D,16D,17D,18D,19D,20D,21D,22D,23D,24D,25D,26D,27D,28D. The number of rotatable bonds is 9. The van der Waals surface area contributed by atoms with Crippen LogP contribution in [0.4, 0.5) is 0 Å². The summed E-state index contributed by atoms with van der Waals surface area (Å²) in [6.07, 6.45) is 0. The van der Waals surface area contributed by atoms with Gasteiger partial charge in [-0.25, -0.2) is 0 Å². The lowest BCUT2D eigenvalue weighted by atomic mass is 9.84. The summed E-state index contributed by atoms with van der Waals surface area (Å²) in [5.41, 5.74) is -18.2. The fraction of sp³-hybridized carbons (Fsp3) is 0. The average Bonchev–Trinajstić information content (AvgIpc) is 1.63. The van der Waals surface area contributed by atoms with E-state index in [0.717, 1.165) is 0 Å². The van der Waals surface area contributed by atoms with E-state index in [1.165, 1.54) is 0 Å². The second-order valence-electron chi connectivity index (χ2n) is 31.8. The Bertz CT molecular complexity index is 16300. The molecule has 0 saturated carbocycles. The van der Waals surface area contributed by atoms with Crippen LogP contribution in [0, 0.1) is 0 Å². The summed E-state index contributed by atoms with van der Waals surface area (Å²) in [6.45, 7) is 0. The molecule has 0 atom stereocenters. The number of hydrogen-bond donors (Lipinski definition) is 0. The van der Waals surface area contributed by atoms with Gasteiger partial charge >= 0.3 is 0 Å². The normalized spacial score (nSPS) is 20.2. The van der Waals surface area contributed by atoms with Gasteiger partial charge < -0.3 is 13.3 Å². The van der Waals surface area contributed by atoms with Crippen LogP contribution in [0.5, 0.6) is 0 Å². The average molecular weight is 1930 g/mol. The number of furan rings is 3. The molecule has 0 radical (unpaired) electrons. The van der Waals surface area contributed by atoms with Gasteiger partial charge in [-0.3, -0.25) is 0 Å². The molecule has 0 N–H and O–H groups in total. The van der Waals surface area contributed by atoms with Crippen LogP contribution in [-0.4, -0.2) is 0 Å². The zero-order valence-corrected chi connectivity index (χ0v) is 72.2. The van der Waals surface area contributed by atoms with Crippen molar-refractivity contribution in [2.45, 2.75) is 0 Å². The van der Waals surface area contributed by atoms with Crippen molar-refractivity contribution in [3.8, 4) is 100 Å². The third-order valence-electron chi connectivity index (χ3n) is 24.0. The summed E-state index contributed by atoms with van der Waals surface area (Å²) in [7, 11) is 0. The minimum absolute atomic E-state index is 0.488. The molecule has 0 fully saturated rings. The highest BCUT2D eigenvalue weighted by Gasteiger charge is 2.27. The van der Waals surface area contributed by atoms with Crippen LogP contribution in [0.1, 0.15) is 118 Å². The molecule has 31 aromatic rings. The van der Waals surface area contributed by atoms with Gasteiger partial charge in [-0.05, 0) is 313 Å². The summed E-state index contributed by atoms with van der Waals surface area (Å²) in [5.74, 6) is 0. The van der Waals surface area contributed by atoms with Crippen molar-refractivity contribution in [2.24, 2.45) is 0 Å². The largest absolute Gasteiger partial charge is 0.456 e. The fourth-order valence-electron chi connectivity index (χ4n) is 18.0. The van der Waals surface area contributed by atoms with Gasteiger partial charge in [-0.1, -0.05) is 447 Å².